The van der Waals surface area contributed by atoms with Gasteiger partial charge in [-0.25, -0.2) is 0 Å². The summed E-state index contributed by atoms with van der Waals surface area (Å²) in [6.07, 6.45) is 1.56. The zero-order valence-electron chi connectivity index (χ0n) is 15.7. The van der Waals surface area contributed by atoms with Crippen LogP contribution in [0.1, 0.15) is 26.7 Å². The minimum absolute atomic E-state index is 0.0937. The van der Waals surface area contributed by atoms with E-state index in [1.54, 1.807) is 12.1 Å². The van der Waals surface area contributed by atoms with E-state index in [-0.39, 0.29) is 30.4 Å². The molecule has 3 atom stereocenters. The topological polar surface area (TPSA) is 70.7 Å². The van der Waals surface area contributed by atoms with Crippen molar-refractivity contribution in [3.63, 3.8) is 0 Å². The van der Waals surface area contributed by atoms with Crippen molar-refractivity contribution >= 4 is 40.9 Å². The molecule has 2 N–H and O–H groups in total. The lowest BCUT2D eigenvalue weighted by Gasteiger charge is -2.35. The number of rotatable bonds is 6. The SMILES string of the molecule is C[C@@H]1CN(CCCNC(=O)C[C@@H]2Sc3ccc(Cl)cc3NC2=O)C[C@H](C)O1. The number of anilines is 1. The number of morpholine rings is 1. The molecule has 0 bridgehead atoms. The monoisotopic (exact) mass is 411 g/mol. The second-order valence-electron chi connectivity index (χ2n) is 7.16. The first kappa shape index (κ1) is 20.5. The number of carbonyl (C=O) groups excluding carboxylic acids is 2. The van der Waals surface area contributed by atoms with Crippen LogP contribution < -0.4 is 10.6 Å². The number of hydrogen-bond acceptors (Lipinski definition) is 5. The number of nitrogens with one attached hydrogen (secondary N) is 2. The zero-order chi connectivity index (χ0) is 19.4. The molecule has 148 valence electrons. The molecule has 0 radical (unpaired) electrons. The standard InChI is InChI=1S/C19H26ClN3O3S/c1-12-10-23(11-13(2)26-12)7-3-6-21-18(24)9-17-19(25)22-15-8-14(20)4-5-16(15)27-17/h4-5,8,12-13,17H,3,6-7,9-11H2,1-2H3,(H,21,24)(H,22,25)/t12-,13+,17-/m0/s1. The number of carbonyl (C=O) groups is 2. The number of nitrogens with zero attached hydrogens (tertiary/aromatic N) is 1. The predicted octanol–water partition coefficient (Wildman–Crippen LogP) is 2.76. The largest absolute Gasteiger partial charge is 0.373 e. The summed E-state index contributed by atoms with van der Waals surface area (Å²) < 4.78 is 5.73. The van der Waals surface area contributed by atoms with Gasteiger partial charge in [0.1, 0.15) is 0 Å². The van der Waals surface area contributed by atoms with Gasteiger partial charge in [0.2, 0.25) is 11.8 Å². The Morgan fingerprint density at radius 3 is 2.85 bits per heavy atom. The van der Waals surface area contributed by atoms with Gasteiger partial charge in [0.25, 0.3) is 0 Å². The maximum Gasteiger partial charge on any atom is 0.238 e. The number of ether oxygens (including phenoxy) is 1. The number of hydrogen-bond donors (Lipinski definition) is 2. The van der Waals surface area contributed by atoms with E-state index in [0.717, 1.165) is 31.0 Å². The minimum Gasteiger partial charge on any atom is -0.373 e. The number of benzene rings is 1. The first-order valence-electron chi connectivity index (χ1n) is 9.32. The molecule has 2 amide bonds. The second kappa shape index (κ2) is 9.28. The highest BCUT2D eigenvalue weighted by Crippen LogP contribution is 2.38. The summed E-state index contributed by atoms with van der Waals surface area (Å²) in [7, 11) is 0. The third kappa shape index (κ3) is 5.85. The van der Waals surface area contributed by atoms with Crippen molar-refractivity contribution in [2.45, 2.75) is 49.0 Å². The first-order chi connectivity index (χ1) is 12.9. The summed E-state index contributed by atoms with van der Waals surface area (Å²) in [6.45, 7) is 7.59. The zero-order valence-corrected chi connectivity index (χ0v) is 17.2. The van der Waals surface area contributed by atoms with Crippen LogP contribution >= 0.6 is 23.4 Å². The lowest BCUT2D eigenvalue weighted by Crippen LogP contribution is -2.46. The van der Waals surface area contributed by atoms with E-state index in [2.05, 4.69) is 29.4 Å². The Labute approximate surface area is 169 Å². The summed E-state index contributed by atoms with van der Waals surface area (Å²) in [6, 6.07) is 5.39. The number of amides is 2. The molecule has 1 fully saturated rings. The van der Waals surface area contributed by atoms with Gasteiger partial charge < -0.3 is 15.4 Å². The molecular weight excluding hydrogens is 386 g/mol. The summed E-state index contributed by atoms with van der Waals surface area (Å²) in [5, 5.41) is 5.93. The van der Waals surface area contributed by atoms with E-state index in [1.165, 1.54) is 11.8 Å². The molecule has 0 aromatic heterocycles. The van der Waals surface area contributed by atoms with Gasteiger partial charge in [0.15, 0.2) is 0 Å². The lowest BCUT2D eigenvalue weighted by atomic mass is 10.2. The molecule has 3 rings (SSSR count). The van der Waals surface area contributed by atoms with Gasteiger partial charge >= 0.3 is 0 Å². The van der Waals surface area contributed by atoms with Crippen molar-refractivity contribution in [2.75, 3.05) is 31.5 Å². The maximum atomic E-state index is 12.2. The smallest absolute Gasteiger partial charge is 0.238 e. The van der Waals surface area contributed by atoms with E-state index in [4.69, 9.17) is 16.3 Å². The average Bonchev–Trinajstić information content (AvgIpc) is 2.59. The summed E-state index contributed by atoms with van der Waals surface area (Å²) in [4.78, 5) is 27.8. The molecule has 2 aliphatic heterocycles. The fourth-order valence-corrected chi connectivity index (χ4v) is 4.76. The van der Waals surface area contributed by atoms with E-state index < -0.39 is 5.25 Å². The van der Waals surface area contributed by atoms with Crippen molar-refractivity contribution in [1.29, 1.82) is 0 Å². The van der Waals surface area contributed by atoms with Gasteiger partial charge in [-0.3, -0.25) is 14.5 Å². The van der Waals surface area contributed by atoms with Crippen molar-refractivity contribution in [1.82, 2.24) is 10.2 Å². The minimum atomic E-state index is -0.417. The van der Waals surface area contributed by atoms with Crippen LogP contribution in [0.5, 0.6) is 0 Å². The molecule has 1 aromatic rings. The Morgan fingerprint density at radius 2 is 2.11 bits per heavy atom. The quantitative estimate of drug-likeness (QED) is 0.704. The van der Waals surface area contributed by atoms with Gasteiger partial charge in [-0.1, -0.05) is 11.6 Å². The van der Waals surface area contributed by atoms with Crippen LogP contribution in [0.3, 0.4) is 0 Å². The molecule has 0 unspecified atom stereocenters. The number of halogens is 1. The molecule has 0 spiro atoms. The highest BCUT2D eigenvalue weighted by molar-refractivity contribution is 8.01. The third-order valence-electron chi connectivity index (χ3n) is 4.60. The molecule has 1 aromatic carbocycles. The summed E-state index contributed by atoms with van der Waals surface area (Å²) in [5.41, 5.74) is 0.711. The highest BCUT2D eigenvalue weighted by Gasteiger charge is 2.29. The van der Waals surface area contributed by atoms with E-state index >= 15 is 0 Å². The molecule has 0 aliphatic carbocycles. The molecule has 0 saturated carbocycles. The lowest BCUT2D eigenvalue weighted by molar-refractivity contribution is -0.124. The number of fused-ring (bicyclic) bond motifs is 1. The van der Waals surface area contributed by atoms with Gasteiger partial charge in [-0.2, -0.15) is 0 Å². The first-order valence-corrected chi connectivity index (χ1v) is 10.6. The fraction of sp³-hybridized carbons (Fsp3) is 0.579. The molecule has 6 nitrogen and oxygen atoms in total. The van der Waals surface area contributed by atoms with Gasteiger partial charge in [0, 0.05) is 42.5 Å². The van der Waals surface area contributed by atoms with Crippen molar-refractivity contribution in [2.24, 2.45) is 0 Å². The Hall–Kier alpha value is -1.28. The normalized spacial score (nSPS) is 25.6. The van der Waals surface area contributed by atoms with Gasteiger partial charge in [-0.15, -0.1) is 11.8 Å². The van der Waals surface area contributed by atoms with Crippen LogP contribution in [0.2, 0.25) is 5.02 Å². The Bertz CT molecular complexity index is 693. The van der Waals surface area contributed by atoms with Crippen molar-refractivity contribution in [3.05, 3.63) is 23.2 Å². The Morgan fingerprint density at radius 1 is 1.37 bits per heavy atom. The van der Waals surface area contributed by atoms with Crippen molar-refractivity contribution in [3.8, 4) is 0 Å². The molecule has 27 heavy (non-hydrogen) atoms. The molecule has 2 heterocycles. The number of thioether (sulfide) groups is 1. The second-order valence-corrected chi connectivity index (χ2v) is 8.84. The predicted molar refractivity (Wildman–Crippen MR) is 108 cm³/mol. The molecule has 8 heteroatoms. The van der Waals surface area contributed by atoms with Crippen LogP contribution in [-0.4, -0.2) is 60.4 Å². The summed E-state index contributed by atoms with van der Waals surface area (Å²) in [5.74, 6) is -0.245. The van der Waals surface area contributed by atoms with E-state index in [1.807, 2.05) is 6.07 Å². The van der Waals surface area contributed by atoms with Crippen LogP contribution in [0, 0.1) is 0 Å². The molecular formula is C19H26ClN3O3S. The Kier molecular flexibility index (Phi) is 7.03. The summed E-state index contributed by atoms with van der Waals surface area (Å²) >= 11 is 7.36. The van der Waals surface area contributed by atoms with Crippen LogP contribution in [0.15, 0.2) is 23.1 Å². The average molecular weight is 412 g/mol. The third-order valence-corrected chi connectivity index (χ3v) is 6.11. The fourth-order valence-electron chi connectivity index (χ4n) is 3.50. The molecule has 1 saturated heterocycles. The Balaban J connectivity index is 1.39. The highest BCUT2D eigenvalue weighted by atomic mass is 35.5. The van der Waals surface area contributed by atoms with E-state index in [9.17, 15) is 9.59 Å². The molecule has 2 aliphatic rings. The maximum absolute atomic E-state index is 12.2. The van der Waals surface area contributed by atoms with Crippen LogP contribution in [0.4, 0.5) is 5.69 Å². The van der Waals surface area contributed by atoms with Crippen LogP contribution in [-0.2, 0) is 14.3 Å². The van der Waals surface area contributed by atoms with Gasteiger partial charge in [0.05, 0.1) is 23.1 Å². The van der Waals surface area contributed by atoms with Crippen molar-refractivity contribution < 1.29 is 14.3 Å². The van der Waals surface area contributed by atoms with E-state index in [0.29, 0.717) is 17.3 Å². The van der Waals surface area contributed by atoms with Crippen LogP contribution in [0.25, 0.3) is 0 Å². The van der Waals surface area contributed by atoms with Gasteiger partial charge in [-0.05, 0) is 38.5 Å².